The number of carbonyl (C=O) groups excluding carboxylic acids is 1. The van der Waals surface area contributed by atoms with Crippen LogP contribution in [0.1, 0.15) is 27.3 Å². The van der Waals surface area contributed by atoms with Gasteiger partial charge >= 0.3 is 0 Å². The third-order valence-electron chi connectivity index (χ3n) is 4.80. The molecular formula is C24H21BrN4O. The number of hydrogen-bond donors (Lipinski definition) is 1. The first-order valence-electron chi connectivity index (χ1n) is 9.59. The maximum atomic E-state index is 12.9. The monoisotopic (exact) mass is 460 g/mol. The van der Waals surface area contributed by atoms with Crippen molar-refractivity contribution in [1.29, 1.82) is 0 Å². The Kier molecular flexibility index (Phi) is 5.50. The van der Waals surface area contributed by atoms with Crippen LogP contribution in [0.5, 0.6) is 0 Å². The smallest absolute Gasteiger partial charge is 0.295 e. The van der Waals surface area contributed by atoms with E-state index >= 15 is 0 Å². The van der Waals surface area contributed by atoms with Gasteiger partial charge < -0.3 is 5.32 Å². The quantitative estimate of drug-likeness (QED) is 0.413. The number of halogens is 1. The van der Waals surface area contributed by atoms with Gasteiger partial charge in [-0.15, -0.1) is 5.10 Å². The van der Waals surface area contributed by atoms with Crippen molar-refractivity contribution in [3.8, 4) is 17.1 Å². The fourth-order valence-corrected chi connectivity index (χ4v) is 3.57. The minimum atomic E-state index is -0.356. The lowest BCUT2D eigenvalue weighted by Gasteiger charge is -2.10. The number of nitrogens with zero attached hydrogens (tertiary/aromatic N) is 3. The molecule has 4 rings (SSSR count). The molecule has 6 heteroatoms. The highest BCUT2D eigenvalue weighted by atomic mass is 79.9. The Labute approximate surface area is 183 Å². The predicted molar refractivity (Wildman–Crippen MR) is 123 cm³/mol. The second-order valence-corrected chi connectivity index (χ2v) is 8.21. The number of amides is 1. The number of benzene rings is 3. The summed E-state index contributed by atoms with van der Waals surface area (Å²) in [6.07, 6.45) is 0. The van der Waals surface area contributed by atoms with Crippen molar-refractivity contribution in [2.45, 2.75) is 20.8 Å². The molecule has 1 amide bonds. The van der Waals surface area contributed by atoms with Gasteiger partial charge in [-0.2, -0.15) is 0 Å². The van der Waals surface area contributed by atoms with Gasteiger partial charge in [-0.05, 0) is 56.2 Å². The molecular weight excluding hydrogens is 440 g/mol. The Balaban J connectivity index is 1.80. The summed E-state index contributed by atoms with van der Waals surface area (Å²) in [4.78, 5) is 17.5. The van der Waals surface area contributed by atoms with Crippen LogP contribution < -0.4 is 5.32 Å². The number of hydrogen-bond acceptors (Lipinski definition) is 3. The molecule has 1 N–H and O–H groups in total. The third-order valence-corrected chi connectivity index (χ3v) is 5.29. The summed E-state index contributed by atoms with van der Waals surface area (Å²) < 4.78 is 2.64. The van der Waals surface area contributed by atoms with Crippen LogP contribution in [0.4, 0.5) is 5.69 Å². The van der Waals surface area contributed by atoms with Crippen molar-refractivity contribution in [2.24, 2.45) is 0 Å². The van der Waals surface area contributed by atoms with E-state index in [0.717, 1.165) is 32.4 Å². The minimum Gasteiger partial charge on any atom is -0.319 e. The fraction of sp³-hybridized carbons (Fsp3) is 0.125. The number of rotatable bonds is 4. The molecule has 5 nitrogen and oxygen atoms in total. The zero-order chi connectivity index (χ0) is 21.3. The van der Waals surface area contributed by atoms with Gasteiger partial charge in [0.15, 0.2) is 5.82 Å². The molecule has 1 heterocycles. The van der Waals surface area contributed by atoms with Gasteiger partial charge in [-0.3, -0.25) is 4.79 Å². The highest BCUT2D eigenvalue weighted by Crippen LogP contribution is 2.25. The van der Waals surface area contributed by atoms with Crippen molar-refractivity contribution < 1.29 is 4.79 Å². The Morgan fingerprint density at radius 2 is 1.67 bits per heavy atom. The van der Waals surface area contributed by atoms with Gasteiger partial charge in [0.1, 0.15) is 0 Å². The van der Waals surface area contributed by atoms with E-state index < -0.39 is 0 Å². The molecule has 0 fully saturated rings. The molecule has 1 aromatic heterocycles. The van der Waals surface area contributed by atoms with E-state index in [-0.39, 0.29) is 11.7 Å². The molecule has 0 saturated heterocycles. The highest BCUT2D eigenvalue weighted by molar-refractivity contribution is 9.10. The van der Waals surface area contributed by atoms with Crippen molar-refractivity contribution in [3.63, 3.8) is 0 Å². The molecule has 3 aromatic carbocycles. The van der Waals surface area contributed by atoms with Gasteiger partial charge in [0.05, 0.1) is 5.69 Å². The van der Waals surface area contributed by atoms with Crippen molar-refractivity contribution in [3.05, 3.63) is 93.7 Å². The number of anilines is 1. The predicted octanol–water partition coefficient (Wildman–Crippen LogP) is 5.87. The zero-order valence-corrected chi connectivity index (χ0v) is 18.6. The van der Waals surface area contributed by atoms with Crippen LogP contribution in [0.15, 0.2) is 71.2 Å². The normalized spacial score (nSPS) is 10.8. The molecule has 0 radical (unpaired) electrons. The second kappa shape index (κ2) is 8.24. The summed E-state index contributed by atoms with van der Waals surface area (Å²) in [7, 11) is 0. The maximum Gasteiger partial charge on any atom is 0.295 e. The SMILES string of the molecule is Cc1ccc(-c2nc(C(=O)Nc3cccc(Br)c3)nn2-c2cc(C)ccc2C)cc1. The summed E-state index contributed by atoms with van der Waals surface area (Å²) in [5.74, 6) is 0.389. The molecule has 0 atom stereocenters. The molecule has 0 bridgehead atoms. The summed E-state index contributed by atoms with van der Waals surface area (Å²) >= 11 is 3.42. The first-order chi connectivity index (χ1) is 14.4. The largest absolute Gasteiger partial charge is 0.319 e. The van der Waals surface area contributed by atoms with Crippen molar-refractivity contribution in [1.82, 2.24) is 14.8 Å². The lowest BCUT2D eigenvalue weighted by molar-refractivity contribution is 0.101. The summed E-state index contributed by atoms with van der Waals surface area (Å²) in [6, 6.07) is 21.6. The van der Waals surface area contributed by atoms with E-state index in [1.165, 1.54) is 0 Å². The second-order valence-electron chi connectivity index (χ2n) is 7.29. The lowest BCUT2D eigenvalue weighted by atomic mass is 10.1. The summed E-state index contributed by atoms with van der Waals surface area (Å²) in [5.41, 5.74) is 5.80. The molecule has 0 spiro atoms. The highest BCUT2D eigenvalue weighted by Gasteiger charge is 2.20. The minimum absolute atomic E-state index is 0.117. The first-order valence-corrected chi connectivity index (χ1v) is 10.4. The van der Waals surface area contributed by atoms with Crippen LogP contribution in [0, 0.1) is 20.8 Å². The van der Waals surface area contributed by atoms with Crippen LogP contribution in [0.3, 0.4) is 0 Å². The first kappa shape index (κ1) is 20.0. The summed E-state index contributed by atoms with van der Waals surface area (Å²) in [5, 5.41) is 7.45. The molecule has 150 valence electrons. The Morgan fingerprint density at radius 1 is 0.933 bits per heavy atom. The van der Waals surface area contributed by atoms with Gasteiger partial charge in [-0.1, -0.05) is 64.0 Å². The summed E-state index contributed by atoms with van der Waals surface area (Å²) in [6.45, 7) is 6.10. The van der Waals surface area contributed by atoms with E-state index in [0.29, 0.717) is 11.5 Å². The van der Waals surface area contributed by atoms with E-state index in [1.54, 1.807) is 4.68 Å². The topological polar surface area (TPSA) is 59.8 Å². The van der Waals surface area contributed by atoms with Gasteiger partial charge in [0.25, 0.3) is 5.91 Å². The fourth-order valence-electron chi connectivity index (χ4n) is 3.17. The molecule has 30 heavy (non-hydrogen) atoms. The van der Waals surface area contributed by atoms with Gasteiger partial charge in [0, 0.05) is 15.7 Å². The average Bonchev–Trinajstić information content (AvgIpc) is 3.16. The molecule has 4 aromatic rings. The standard InChI is InChI=1S/C24H21BrN4O/c1-15-8-11-18(12-9-15)23-27-22(24(30)26-20-6-4-5-19(25)14-20)28-29(23)21-13-16(2)7-10-17(21)3/h4-14H,1-3H3,(H,26,30). The number of carbonyl (C=O) groups is 1. The van der Waals surface area contributed by atoms with Crippen LogP contribution in [-0.2, 0) is 0 Å². The Bertz CT molecular complexity index is 1230. The molecule has 0 aliphatic heterocycles. The Hall–Kier alpha value is -3.25. The third kappa shape index (κ3) is 4.19. The number of aryl methyl sites for hydroxylation is 3. The van der Waals surface area contributed by atoms with E-state index in [4.69, 9.17) is 0 Å². The van der Waals surface area contributed by atoms with Crippen LogP contribution in [0.25, 0.3) is 17.1 Å². The number of aromatic nitrogens is 3. The van der Waals surface area contributed by atoms with Crippen molar-refractivity contribution in [2.75, 3.05) is 5.32 Å². The molecule has 0 aliphatic rings. The van der Waals surface area contributed by atoms with E-state index in [1.807, 2.05) is 75.4 Å². The molecule has 0 saturated carbocycles. The molecule has 0 aliphatic carbocycles. The van der Waals surface area contributed by atoms with Crippen LogP contribution in [-0.4, -0.2) is 20.7 Å². The maximum absolute atomic E-state index is 12.9. The Morgan fingerprint density at radius 3 is 2.40 bits per heavy atom. The van der Waals surface area contributed by atoms with Gasteiger partial charge in [-0.25, -0.2) is 9.67 Å². The zero-order valence-electron chi connectivity index (χ0n) is 17.0. The number of nitrogens with one attached hydrogen (secondary N) is 1. The van der Waals surface area contributed by atoms with Crippen LogP contribution >= 0.6 is 15.9 Å². The van der Waals surface area contributed by atoms with Crippen LogP contribution in [0.2, 0.25) is 0 Å². The lowest BCUT2D eigenvalue weighted by Crippen LogP contribution is -2.14. The van der Waals surface area contributed by atoms with Gasteiger partial charge in [0.2, 0.25) is 5.82 Å². The molecule has 0 unspecified atom stereocenters. The van der Waals surface area contributed by atoms with Crippen molar-refractivity contribution >= 4 is 27.5 Å². The average molecular weight is 461 g/mol. The van der Waals surface area contributed by atoms with E-state index in [9.17, 15) is 4.79 Å². The van der Waals surface area contributed by atoms with E-state index in [2.05, 4.69) is 43.5 Å².